The summed E-state index contributed by atoms with van der Waals surface area (Å²) in [4.78, 5) is 2.42. The Hall–Kier alpha value is -2.56. The Morgan fingerprint density at radius 1 is 1.22 bits per heavy atom. The maximum Gasteiger partial charge on any atom is 0.170 e. The van der Waals surface area contributed by atoms with Gasteiger partial charge in [0.2, 0.25) is 0 Å². The third-order valence-corrected chi connectivity index (χ3v) is 5.40. The second-order valence-corrected chi connectivity index (χ2v) is 7.22. The van der Waals surface area contributed by atoms with Crippen molar-refractivity contribution in [3.05, 3.63) is 53.5 Å². The number of benzene rings is 2. The average molecular weight is 368 g/mol. The Bertz CT molecular complexity index is 929. The number of anilines is 1. The number of halogens is 1. The summed E-state index contributed by atoms with van der Waals surface area (Å²) < 4.78 is 24.6. The van der Waals surface area contributed by atoms with Gasteiger partial charge in [-0.3, -0.25) is 0 Å². The minimum atomic E-state index is -0.291. The third kappa shape index (κ3) is 3.51. The molecule has 0 amide bonds. The molecule has 0 unspecified atom stereocenters. The van der Waals surface area contributed by atoms with Crippen molar-refractivity contribution in [2.24, 2.45) is 0 Å². The van der Waals surface area contributed by atoms with Gasteiger partial charge in [-0.25, -0.2) is 4.39 Å². The molecule has 3 aromatic rings. The van der Waals surface area contributed by atoms with E-state index in [-0.39, 0.29) is 5.82 Å². The fraction of sp³-hybridized carbons (Fsp3) is 0.409. The lowest BCUT2D eigenvalue weighted by atomic mass is 9.91. The van der Waals surface area contributed by atoms with Gasteiger partial charge < -0.3 is 14.2 Å². The van der Waals surface area contributed by atoms with Crippen LogP contribution >= 0.6 is 0 Å². The standard InChI is InChI=1S/C22H25FN2O2/c1-3-13-26-20-6-4-5-19(15(20)2)25-11-9-16(10-12-25)22-18-8-7-17(23)14-21(18)27-24-22/h4-8,14,16H,3,9-13H2,1-2H3. The summed E-state index contributed by atoms with van der Waals surface area (Å²) in [6.07, 6.45) is 3.00. The Morgan fingerprint density at radius 2 is 2.04 bits per heavy atom. The normalized spacial score (nSPS) is 15.4. The Kier molecular flexibility index (Phi) is 5.01. The monoisotopic (exact) mass is 368 g/mol. The van der Waals surface area contributed by atoms with Crippen LogP contribution in [0.2, 0.25) is 0 Å². The third-order valence-electron chi connectivity index (χ3n) is 5.40. The Labute approximate surface area is 158 Å². The minimum Gasteiger partial charge on any atom is -0.493 e. The van der Waals surface area contributed by atoms with Gasteiger partial charge in [0.25, 0.3) is 0 Å². The molecule has 142 valence electrons. The minimum absolute atomic E-state index is 0.291. The molecular formula is C22H25FN2O2. The molecule has 0 atom stereocenters. The molecule has 27 heavy (non-hydrogen) atoms. The summed E-state index contributed by atoms with van der Waals surface area (Å²) >= 11 is 0. The van der Waals surface area contributed by atoms with Crippen LogP contribution in [-0.4, -0.2) is 24.9 Å². The molecule has 1 fully saturated rings. The number of hydrogen-bond acceptors (Lipinski definition) is 4. The first-order chi connectivity index (χ1) is 13.2. The molecule has 0 bridgehead atoms. The lowest BCUT2D eigenvalue weighted by Gasteiger charge is -2.34. The highest BCUT2D eigenvalue weighted by molar-refractivity contribution is 5.80. The molecule has 0 saturated carbocycles. The first kappa shape index (κ1) is 17.8. The molecule has 5 heteroatoms. The van der Waals surface area contributed by atoms with Crippen LogP contribution < -0.4 is 9.64 Å². The van der Waals surface area contributed by atoms with E-state index >= 15 is 0 Å². The predicted octanol–water partition coefficient (Wildman–Crippen LogP) is 5.45. The maximum atomic E-state index is 13.4. The summed E-state index contributed by atoms with van der Waals surface area (Å²) in [6, 6.07) is 10.9. The summed E-state index contributed by atoms with van der Waals surface area (Å²) in [5, 5.41) is 5.17. The van der Waals surface area contributed by atoms with Gasteiger partial charge in [-0.1, -0.05) is 18.1 Å². The van der Waals surface area contributed by atoms with Gasteiger partial charge in [-0.2, -0.15) is 0 Å². The second kappa shape index (κ2) is 7.59. The number of fused-ring (bicyclic) bond motifs is 1. The van der Waals surface area contributed by atoms with E-state index in [1.807, 2.05) is 6.07 Å². The summed E-state index contributed by atoms with van der Waals surface area (Å²) in [5.74, 6) is 1.02. The van der Waals surface area contributed by atoms with Crippen LogP contribution in [-0.2, 0) is 0 Å². The number of nitrogens with zero attached hydrogens (tertiary/aromatic N) is 2. The zero-order valence-corrected chi connectivity index (χ0v) is 15.9. The molecule has 1 aliphatic rings. The lowest BCUT2D eigenvalue weighted by Crippen LogP contribution is -2.33. The molecule has 4 rings (SSSR count). The van der Waals surface area contributed by atoms with E-state index < -0.39 is 0 Å². The topological polar surface area (TPSA) is 38.5 Å². The number of piperidine rings is 1. The van der Waals surface area contributed by atoms with E-state index in [1.54, 1.807) is 6.07 Å². The summed E-state index contributed by atoms with van der Waals surface area (Å²) in [6.45, 7) is 6.90. The zero-order valence-electron chi connectivity index (χ0n) is 15.9. The quantitative estimate of drug-likeness (QED) is 0.600. The number of rotatable bonds is 5. The van der Waals surface area contributed by atoms with Crippen LogP contribution in [0.1, 0.15) is 43.4 Å². The second-order valence-electron chi connectivity index (χ2n) is 7.22. The van der Waals surface area contributed by atoms with Crippen molar-refractivity contribution in [1.29, 1.82) is 0 Å². The van der Waals surface area contributed by atoms with E-state index in [2.05, 4.69) is 36.0 Å². The van der Waals surface area contributed by atoms with Crippen LogP contribution in [0, 0.1) is 12.7 Å². The van der Waals surface area contributed by atoms with Crippen LogP contribution in [0.25, 0.3) is 11.0 Å². The van der Waals surface area contributed by atoms with Gasteiger partial charge in [0, 0.05) is 41.7 Å². The van der Waals surface area contributed by atoms with E-state index in [0.717, 1.165) is 55.8 Å². The smallest absolute Gasteiger partial charge is 0.170 e. The maximum absolute atomic E-state index is 13.4. The molecule has 1 aliphatic heterocycles. The highest BCUT2D eigenvalue weighted by atomic mass is 19.1. The molecule has 1 aromatic heterocycles. The summed E-state index contributed by atoms with van der Waals surface area (Å²) in [5.41, 5.74) is 3.94. The Morgan fingerprint density at radius 3 is 2.81 bits per heavy atom. The van der Waals surface area contributed by atoms with Crippen molar-refractivity contribution in [2.75, 3.05) is 24.6 Å². The SMILES string of the molecule is CCCOc1cccc(N2CCC(c3noc4cc(F)ccc34)CC2)c1C. The van der Waals surface area contributed by atoms with Crippen molar-refractivity contribution in [3.63, 3.8) is 0 Å². The van der Waals surface area contributed by atoms with Crippen LogP contribution in [0.3, 0.4) is 0 Å². The molecule has 4 nitrogen and oxygen atoms in total. The number of hydrogen-bond donors (Lipinski definition) is 0. The summed E-state index contributed by atoms with van der Waals surface area (Å²) in [7, 11) is 0. The van der Waals surface area contributed by atoms with Crippen molar-refractivity contribution in [1.82, 2.24) is 5.16 Å². The molecule has 0 radical (unpaired) electrons. The molecular weight excluding hydrogens is 343 g/mol. The molecule has 2 aromatic carbocycles. The van der Waals surface area contributed by atoms with E-state index in [1.165, 1.54) is 23.4 Å². The van der Waals surface area contributed by atoms with E-state index in [0.29, 0.717) is 11.5 Å². The highest BCUT2D eigenvalue weighted by Crippen LogP contribution is 2.36. The molecule has 0 N–H and O–H groups in total. The largest absolute Gasteiger partial charge is 0.493 e. The van der Waals surface area contributed by atoms with Gasteiger partial charge in [0.1, 0.15) is 11.6 Å². The first-order valence-corrected chi connectivity index (χ1v) is 9.69. The highest BCUT2D eigenvalue weighted by Gasteiger charge is 2.26. The number of aromatic nitrogens is 1. The lowest BCUT2D eigenvalue weighted by molar-refractivity contribution is 0.315. The average Bonchev–Trinajstić information content (AvgIpc) is 3.10. The van der Waals surface area contributed by atoms with Gasteiger partial charge in [0.05, 0.1) is 12.3 Å². The van der Waals surface area contributed by atoms with Gasteiger partial charge in [-0.15, -0.1) is 0 Å². The van der Waals surface area contributed by atoms with Crippen molar-refractivity contribution in [2.45, 2.75) is 39.0 Å². The van der Waals surface area contributed by atoms with Crippen molar-refractivity contribution < 1.29 is 13.7 Å². The molecule has 2 heterocycles. The van der Waals surface area contributed by atoms with E-state index in [9.17, 15) is 4.39 Å². The van der Waals surface area contributed by atoms with Gasteiger partial charge >= 0.3 is 0 Å². The van der Waals surface area contributed by atoms with Crippen LogP contribution in [0.5, 0.6) is 5.75 Å². The molecule has 0 aliphatic carbocycles. The molecule has 0 spiro atoms. The Balaban J connectivity index is 1.49. The van der Waals surface area contributed by atoms with Gasteiger partial charge in [0.15, 0.2) is 5.58 Å². The fourth-order valence-electron chi connectivity index (χ4n) is 3.93. The van der Waals surface area contributed by atoms with Crippen molar-refractivity contribution >= 4 is 16.7 Å². The predicted molar refractivity (Wildman–Crippen MR) is 105 cm³/mol. The van der Waals surface area contributed by atoms with Crippen LogP contribution in [0.4, 0.5) is 10.1 Å². The number of ether oxygens (including phenoxy) is 1. The van der Waals surface area contributed by atoms with E-state index in [4.69, 9.17) is 9.26 Å². The van der Waals surface area contributed by atoms with Gasteiger partial charge in [-0.05, 0) is 50.5 Å². The zero-order chi connectivity index (χ0) is 18.8. The van der Waals surface area contributed by atoms with Crippen LogP contribution in [0.15, 0.2) is 40.9 Å². The molecule has 1 saturated heterocycles. The van der Waals surface area contributed by atoms with Crippen molar-refractivity contribution in [3.8, 4) is 5.75 Å². The fourth-order valence-corrected chi connectivity index (χ4v) is 3.93. The first-order valence-electron chi connectivity index (χ1n) is 9.69.